The summed E-state index contributed by atoms with van der Waals surface area (Å²) < 4.78 is 69.9. The molecule has 1 aromatic heterocycles. The molecule has 0 aliphatic carbocycles. The SMILES string of the molecule is CCc1cc(OCCCCNC(=O)OC(C)(C)C)ccc1-c1ccc(C[C@H](NC(=O)[C@H](CC(=O)OC(C)(C)C)NC(=O)[C@H](COC(C)(C)C)NC(=O)[C@@H](NC(=O)[C@](C)(Cc2ccccc2F)NC(=O)[C@@H](NC(=O)CNC(=O)[C@H](Cc2nn[nH]n2)NC(=O)C(C)(C)N)[C@@H](C)OC(C)(C)C)[C@@H](C)OC(C)(C)C)C(=O)N[C@@H](CCCc2cc(C)cc(C)c2)C(=O)NC(c2ccc(OCC(=O)NC)cc2)c2ccc(OC)cc2OC)cc1. The number of tetrazole rings is 1. The van der Waals surface area contributed by atoms with Crippen molar-refractivity contribution < 1.29 is 109 Å². The third-order valence-electron chi connectivity index (χ3n) is 22.8. The van der Waals surface area contributed by atoms with Gasteiger partial charge in [0.25, 0.3) is 5.91 Å². The number of aromatic nitrogens is 4. The molecule has 1 heterocycles. The average Bonchev–Trinajstić information content (AvgIpc) is 0.997. The molecule has 39 nitrogen and oxygen atoms in total. The molecule has 1 unspecified atom stereocenters. The van der Waals surface area contributed by atoms with Gasteiger partial charge in [-0.3, -0.25) is 57.5 Å². The van der Waals surface area contributed by atoms with Gasteiger partial charge in [-0.15, -0.1) is 10.2 Å². The summed E-state index contributed by atoms with van der Waals surface area (Å²) in [5, 5.41) is 46.2. The first-order valence-electron chi connectivity index (χ1n) is 49.7. The highest BCUT2D eigenvalue weighted by molar-refractivity contribution is 6.01. The number of rotatable bonds is 53. The molecule has 0 aliphatic heterocycles. The Bertz CT molecular complexity index is 5630. The number of hydrogen-bond donors (Lipinski definition) is 14. The monoisotopic (exact) mass is 2060 g/mol. The summed E-state index contributed by atoms with van der Waals surface area (Å²) in [5.74, 6) is -10.4. The highest BCUT2D eigenvalue weighted by Gasteiger charge is 2.45. The molecule has 0 aliphatic rings. The molecule has 0 fully saturated rings. The lowest BCUT2D eigenvalue weighted by Gasteiger charge is -2.37. The van der Waals surface area contributed by atoms with E-state index in [2.05, 4.69) is 84.4 Å². The van der Waals surface area contributed by atoms with Crippen LogP contribution in [-0.2, 0) is 113 Å². The first kappa shape index (κ1) is 121. The fraction of sp³-hybridized carbons (Fsp3) is 0.537. The second-order valence-electron chi connectivity index (χ2n) is 42.4. The number of unbranched alkanes of at least 4 members (excludes halogenated alkanes) is 1. The summed E-state index contributed by atoms with van der Waals surface area (Å²) >= 11 is 0. The summed E-state index contributed by atoms with van der Waals surface area (Å²) in [6.45, 7) is 36.9. The summed E-state index contributed by atoms with van der Waals surface area (Å²) in [4.78, 5) is 191. The van der Waals surface area contributed by atoms with Crippen LogP contribution in [0.25, 0.3) is 11.1 Å². The largest absolute Gasteiger partial charge is 0.497 e. The number of likely N-dealkylation sites (N-methyl/N-ethyl adjacent to an activating group) is 1. The third kappa shape index (κ3) is 41.2. The second-order valence-corrected chi connectivity index (χ2v) is 42.4. The average molecular weight is 2060 g/mol. The molecule has 40 heteroatoms. The third-order valence-corrected chi connectivity index (χ3v) is 22.8. The van der Waals surface area contributed by atoms with Crippen LogP contribution in [0.3, 0.4) is 0 Å². The van der Waals surface area contributed by atoms with Crippen LogP contribution >= 0.6 is 0 Å². The standard InChI is InChI=1S/C108H154FN17O22/c1-27-69-55-75(142-50-31-30-49-112-101(139)148-106(18,19)20)46-47-76(69)70-39-37-67(38-40-70)54-80(94(132)114-79(36-32-33-68-52-63(2)51-64(3)53-68)93(131)120-91(77-48-45-74(140-25)56-84(77)141-26)71-41-43-73(44-42-71)143-62-87(128)111-24)115-95(133)82(58-88(129)147-105(15,16)17)116-96(134)83(61-144-102(6,7)8)117-97(135)89(65(4)145-103(9,10)11)121-100(138)108(23,59-72-34-28-29-35-78(72)109)122-98(136)90(66(5)146-104(12,13)14)119-86(127)60-113-92(130)81(57-85-123-125-126-124-85)118-99(137)107(21,22)110/h28-29,34-35,37-48,51-53,55-56,65-66,79-83,89-91H,27,30-33,36,49-50,54,57-62,110H2,1-26H3,(H,111,128)(H,112,139)(H,113,130)(H,114,132)(H,115,133)(H,116,134)(H,117,135)(H,118,137)(H,119,127)(H,120,131)(H,121,138)(H,122,136)(H,123,124,125,126)/t65-,66-,79+,80+,81+,82+,83+,89+,90+,91?,108+/m1/s1. The lowest BCUT2D eigenvalue weighted by atomic mass is 9.90. The normalized spacial score (nSPS) is 14.3. The van der Waals surface area contributed by atoms with E-state index in [0.717, 1.165) is 39.4 Å². The van der Waals surface area contributed by atoms with Gasteiger partial charge in [0.1, 0.15) is 87.8 Å². The van der Waals surface area contributed by atoms with Crippen LogP contribution in [0.1, 0.15) is 234 Å². The Kier molecular flexibility index (Phi) is 44.9. The van der Waals surface area contributed by atoms with Gasteiger partial charge < -0.3 is 112 Å². The van der Waals surface area contributed by atoms with Crippen LogP contribution in [0, 0.1) is 19.7 Å². The van der Waals surface area contributed by atoms with Gasteiger partial charge in [0.2, 0.25) is 59.1 Å². The molecule has 810 valence electrons. The smallest absolute Gasteiger partial charge is 0.407 e. The number of alkyl carbamates (subject to hydrolysis) is 1. The topological polar surface area (TPSA) is 530 Å². The quantitative estimate of drug-likeness (QED) is 0.0125. The maximum absolute atomic E-state index is 16.3. The van der Waals surface area contributed by atoms with Gasteiger partial charge in [0, 0.05) is 44.5 Å². The number of esters is 1. The number of benzene rings is 6. The van der Waals surface area contributed by atoms with Crippen molar-refractivity contribution in [2.24, 2.45) is 5.73 Å². The number of ether oxygens (including phenoxy) is 9. The number of nitrogens with one attached hydrogen (secondary N) is 13. The maximum atomic E-state index is 16.3. The van der Waals surface area contributed by atoms with Gasteiger partial charge in [-0.2, -0.15) is 5.21 Å². The summed E-state index contributed by atoms with van der Waals surface area (Å²) in [6.07, 6.45) is -2.68. The maximum Gasteiger partial charge on any atom is 0.407 e. The van der Waals surface area contributed by atoms with Crippen LogP contribution in [0.4, 0.5) is 9.18 Å². The van der Waals surface area contributed by atoms with E-state index < -0.39 is 203 Å². The lowest BCUT2D eigenvalue weighted by molar-refractivity contribution is -0.157. The number of carbonyl (C=O) groups is 13. The van der Waals surface area contributed by atoms with Crippen molar-refractivity contribution >= 4 is 77.0 Å². The Morgan fingerprint density at radius 2 is 1.08 bits per heavy atom. The first-order valence-corrected chi connectivity index (χ1v) is 49.7. The molecule has 7 aromatic rings. The molecule has 0 radical (unpaired) electrons. The van der Waals surface area contributed by atoms with Gasteiger partial charge in [-0.1, -0.05) is 102 Å². The van der Waals surface area contributed by atoms with Crippen molar-refractivity contribution in [3.63, 3.8) is 0 Å². The number of nitrogens with zero attached hydrogens (tertiary/aromatic N) is 3. The van der Waals surface area contributed by atoms with Crippen molar-refractivity contribution in [2.45, 2.75) is 323 Å². The number of amides is 12. The van der Waals surface area contributed by atoms with E-state index in [0.29, 0.717) is 84.9 Å². The predicted molar refractivity (Wildman–Crippen MR) is 554 cm³/mol. The molecule has 6 aromatic carbocycles. The van der Waals surface area contributed by atoms with Crippen molar-refractivity contribution in [1.82, 2.24) is 84.4 Å². The van der Waals surface area contributed by atoms with E-state index in [1.54, 1.807) is 158 Å². The van der Waals surface area contributed by atoms with Crippen molar-refractivity contribution in [3.8, 4) is 34.1 Å². The molecule has 11 atom stereocenters. The molecular formula is C108H154FN17O22. The minimum absolute atomic E-state index is 0.000202. The summed E-state index contributed by atoms with van der Waals surface area (Å²) in [5.41, 5.74) is 4.08. The van der Waals surface area contributed by atoms with E-state index in [-0.39, 0.29) is 43.2 Å². The fourth-order valence-corrected chi connectivity index (χ4v) is 15.8. The highest BCUT2D eigenvalue weighted by atomic mass is 19.1. The fourth-order valence-electron chi connectivity index (χ4n) is 15.8. The van der Waals surface area contributed by atoms with Gasteiger partial charge in [-0.05, 0) is 272 Å². The predicted octanol–water partition coefficient (Wildman–Crippen LogP) is 9.04. The molecule has 7 rings (SSSR count). The number of hydrogen-bond acceptors (Lipinski definition) is 26. The molecule has 0 saturated heterocycles. The Hall–Kier alpha value is -13.7. The van der Waals surface area contributed by atoms with Gasteiger partial charge in [0.05, 0.1) is 81.0 Å². The number of halogens is 1. The van der Waals surface area contributed by atoms with E-state index >= 15 is 38.0 Å². The van der Waals surface area contributed by atoms with Crippen LogP contribution in [0.15, 0.2) is 127 Å². The van der Waals surface area contributed by atoms with Gasteiger partial charge in [-0.25, -0.2) is 9.18 Å². The van der Waals surface area contributed by atoms with Crippen molar-refractivity contribution in [1.29, 1.82) is 0 Å². The molecule has 12 amide bonds. The van der Waals surface area contributed by atoms with E-state index in [9.17, 15) is 28.8 Å². The van der Waals surface area contributed by atoms with E-state index in [4.69, 9.17) is 48.4 Å². The zero-order chi connectivity index (χ0) is 110. The van der Waals surface area contributed by atoms with Crippen molar-refractivity contribution in [3.05, 3.63) is 184 Å². The Morgan fingerprint density at radius 3 is 1.66 bits per heavy atom. The number of aryl methyl sites for hydroxylation is 4. The van der Waals surface area contributed by atoms with Crippen molar-refractivity contribution in [2.75, 3.05) is 54.2 Å². The summed E-state index contributed by atoms with van der Waals surface area (Å²) in [6, 6.07) is 23.2. The first-order chi connectivity index (χ1) is 69.1. The molecule has 148 heavy (non-hydrogen) atoms. The Labute approximate surface area is 867 Å². The summed E-state index contributed by atoms with van der Waals surface area (Å²) in [7, 11) is 4.43. The van der Waals surface area contributed by atoms with E-state index in [1.165, 1.54) is 74.1 Å². The Balaban J connectivity index is 1.31. The zero-order valence-electron chi connectivity index (χ0n) is 90.3. The lowest BCUT2D eigenvalue weighted by Crippen LogP contribution is -2.67. The minimum Gasteiger partial charge on any atom is -0.497 e. The Morgan fingerprint density at radius 1 is 0.500 bits per heavy atom. The van der Waals surface area contributed by atoms with Crippen LogP contribution in [0.2, 0.25) is 0 Å². The van der Waals surface area contributed by atoms with E-state index in [1.807, 2.05) is 69.3 Å². The number of methoxy groups -OCH3 is 2. The molecular weight excluding hydrogens is 1910 g/mol. The van der Waals surface area contributed by atoms with Crippen LogP contribution in [0.5, 0.6) is 23.0 Å². The molecule has 15 N–H and O–H groups in total. The van der Waals surface area contributed by atoms with Gasteiger partial charge in [0.15, 0.2) is 12.4 Å². The zero-order valence-corrected chi connectivity index (χ0v) is 90.3. The number of H-pyrrole nitrogens is 1. The molecule has 0 saturated carbocycles. The minimum atomic E-state index is -2.33. The van der Waals surface area contributed by atoms with Gasteiger partial charge >= 0.3 is 12.1 Å². The number of carbonyl (C=O) groups excluding carboxylic acids is 13. The second kappa shape index (κ2) is 54.8. The molecule has 0 bridgehead atoms. The van der Waals surface area contributed by atoms with Crippen LogP contribution in [-0.4, -0.2) is 245 Å². The van der Waals surface area contributed by atoms with Crippen LogP contribution < -0.4 is 88.5 Å². The number of nitrogens with two attached hydrogens (primary N) is 1. The highest BCUT2D eigenvalue weighted by Crippen LogP contribution is 2.36. The molecule has 0 spiro atoms. The number of aromatic amines is 1.